The molecule has 0 fully saturated rings. The minimum absolute atomic E-state index is 0.147. The number of ether oxygens (including phenoxy) is 1. The molecule has 0 rings (SSSR count). The molecule has 0 amide bonds. The summed E-state index contributed by atoms with van der Waals surface area (Å²) in [5.41, 5.74) is 0. The number of hydrogen-bond donors (Lipinski definition) is 0. The third-order valence-corrected chi connectivity index (χ3v) is 1.72. The van der Waals surface area contributed by atoms with Gasteiger partial charge in [-0.1, -0.05) is 13.0 Å². The molecule has 1 unspecified atom stereocenters. The minimum atomic E-state index is -0.169. The molecule has 14 heavy (non-hydrogen) atoms. The van der Waals surface area contributed by atoms with E-state index in [1.807, 2.05) is 6.92 Å². The van der Waals surface area contributed by atoms with Gasteiger partial charge in [-0.15, -0.1) is 18.4 Å². The van der Waals surface area contributed by atoms with Crippen molar-refractivity contribution in [3.8, 4) is 11.8 Å². The average molecular weight is 194 g/mol. The summed E-state index contributed by atoms with van der Waals surface area (Å²) in [5, 5.41) is 0. The van der Waals surface area contributed by atoms with Crippen LogP contribution in [0.2, 0.25) is 0 Å². The van der Waals surface area contributed by atoms with E-state index >= 15 is 0 Å². The van der Waals surface area contributed by atoms with E-state index in [0.717, 1.165) is 6.42 Å². The lowest BCUT2D eigenvalue weighted by Crippen LogP contribution is -2.16. The first-order valence-electron chi connectivity index (χ1n) is 4.99. The van der Waals surface area contributed by atoms with E-state index < -0.39 is 0 Å². The maximum Gasteiger partial charge on any atom is 0.310 e. The first-order valence-corrected chi connectivity index (χ1v) is 4.99. The zero-order valence-corrected chi connectivity index (χ0v) is 9.01. The van der Waals surface area contributed by atoms with Crippen molar-refractivity contribution in [3.63, 3.8) is 0 Å². The second-order valence-corrected chi connectivity index (χ2v) is 2.88. The first-order chi connectivity index (χ1) is 6.76. The fraction of sp³-hybridized carbons (Fsp3) is 0.583. The van der Waals surface area contributed by atoms with Crippen LogP contribution in [0.1, 0.15) is 33.1 Å². The van der Waals surface area contributed by atoms with Crippen molar-refractivity contribution in [2.24, 2.45) is 5.92 Å². The molecule has 0 spiro atoms. The largest absolute Gasteiger partial charge is 0.466 e. The zero-order valence-electron chi connectivity index (χ0n) is 9.01. The predicted octanol–water partition coefficient (Wildman–Crippen LogP) is 2.55. The number of allylic oxidation sites excluding steroid dienone is 1. The van der Waals surface area contributed by atoms with Gasteiger partial charge >= 0.3 is 5.97 Å². The average Bonchev–Trinajstić information content (AvgIpc) is 2.17. The van der Waals surface area contributed by atoms with Gasteiger partial charge in [0.15, 0.2) is 0 Å². The Morgan fingerprint density at radius 3 is 2.71 bits per heavy atom. The normalized spacial score (nSPS) is 11.0. The molecule has 0 radical (unpaired) electrons. The second-order valence-electron chi connectivity index (χ2n) is 2.88. The Balaban J connectivity index is 4.12. The van der Waals surface area contributed by atoms with Gasteiger partial charge in [-0.05, 0) is 13.3 Å². The monoisotopic (exact) mass is 194 g/mol. The van der Waals surface area contributed by atoms with Crippen LogP contribution < -0.4 is 0 Å². The molecule has 0 bridgehead atoms. The maximum atomic E-state index is 11.4. The summed E-state index contributed by atoms with van der Waals surface area (Å²) in [6.07, 6.45) is 3.76. The van der Waals surface area contributed by atoms with E-state index in [4.69, 9.17) is 4.74 Å². The van der Waals surface area contributed by atoms with Gasteiger partial charge in [0.1, 0.15) is 0 Å². The summed E-state index contributed by atoms with van der Waals surface area (Å²) in [7, 11) is 0. The van der Waals surface area contributed by atoms with E-state index in [2.05, 4.69) is 18.4 Å². The Kier molecular flexibility index (Phi) is 7.64. The van der Waals surface area contributed by atoms with Crippen molar-refractivity contribution in [1.29, 1.82) is 0 Å². The molecule has 0 aromatic heterocycles. The zero-order chi connectivity index (χ0) is 10.8. The summed E-state index contributed by atoms with van der Waals surface area (Å²) in [4.78, 5) is 11.4. The highest BCUT2D eigenvalue weighted by atomic mass is 16.5. The lowest BCUT2D eigenvalue weighted by molar-refractivity contribution is -0.147. The topological polar surface area (TPSA) is 26.3 Å². The van der Waals surface area contributed by atoms with Gasteiger partial charge in [-0.25, -0.2) is 0 Å². The smallest absolute Gasteiger partial charge is 0.310 e. The molecular formula is C12H18O2. The Hall–Kier alpha value is -1.23. The number of carbonyl (C=O) groups excluding carboxylic acids is 1. The second kappa shape index (κ2) is 8.37. The molecule has 0 aromatic rings. The highest BCUT2D eigenvalue weighted by Crippen LogP contribution is 2.10. The minimum Gasteiger partial charge on any atom is -0.466 e. The van der Waals surface area contributed by atoms with Crippen molar-refractivity contribution in [3.05, 3.63) is 12.7 Å². The number of hydrogen-bond acceptors (Lipinski definition) is 2. The molecule has 78 valence electrons. The Morgan fingerprint density at radius 2 is 2.21 bits per heavy atom. The van der Waals surface area contributed by atoms with Gasteiger partial charge in [0.2, 0.25) is 0 Å². The first kappa shape index (κ1) is 12.8. The summed E-state index contributed by atoms with van der Waals surface area (Å²) >= 11 is 0. The van der Waals surface area contributed by atoms with Crippen LogP contribution in [-0.4, -0.2) is 12.6 Å². The molecule has 0 N–H and O–H groups in total. The standard InChI is InChI=1S/C12H18O2/c1-4-7-8-10-11(9-5-2)12(13)14-6-3/h5,11H,2,4,6,9-10H2,1,3H3. The van der Waals surface area contributed by atoms with Crippen LogP contribution in [0.3, 0.4) is 0 Å². The summed E-state index contributed by atoms with van der Waals surface area (Å²) in [6.45, 7) is 7.83. The van der Waals surface area contributed by atoms with E-state index in [1.54, 1.807) is 13.0 Å². The van der Waals surface area contributed by atoms with Crippen LogP contribution in [0, 0.1) is 17.8 Å². The molecule has 1 atom stereocenters. The number of esters is 1. The van der Waals surface area contributed by atoms with Crippen molar-refractivity contribution in [2.45, 2.75) is 33.1 Å². The highest BCUT2D eigenvalue weighted by Gasteiger charge is 2.16. The van der Waals surface area contributed by atoms with Crippen molar-refractivity contribution < 1.29 is 9.53 Å². The third kappa shape index (κ3) is 5.42. The summed E-state index contributed by atoms with van der Waals surface area (Å²) in [6, 6.07) is 0. The third-order valence-electron chi connectivity index (χ3n) is 1.72. The molecule has 0 aliphatic carbocycles. The van der Waals surface area contributed by atoms with E-state index in [-0.39, 0.29) is 11.9 Å². The van der Waals surface area contributed by atoms with Crippen LogP contribution in [0.4, 0.5) is 0 Å². The number of carbonyl (C=O) groups is 1. The Bertz CT molecular complexity index is 232. The fourth-order valence-corrected chi connectivity index (χ4v) is 1.04. The van der Waals surface area contributed by atoms with Crippen LogP contribution in [0.15, 0.2) is 12.7 Å². The summed E-state index contributed by atoms with van der Waals surface area (Å²) in [5.74, 6) is 5.59. The van der Waals surface area contributed by atoms with E-state index in [9.17, 15) is 4.79 Å². The highest BCUT2D eigenvalue weighted by molar-refractivity contribution is 5.73. The lowest BCUT2D eigenvalue weighted by atomic mass is 10.0. The molecule has 0 saturated heterocycles. The van der Waals surface area contributed by atoms with Crippen LogP contribution in [-0.2, 0) is 9.53 Å². The fourth-order valence-electron chi connectivity index (χ4n) is 1.04. The van der Waals surface area contributed by atoms with Gasteiger partial charge in [0, 0.05) is 12.8 Å². The molecule has 0 aliphatic heterocycles. The quantitative estimate of drug-likeness (QED) is 0.382. The lowest BCUT2D eigenvalue weighted by Gasteiger charge is -2.09. The van der Waals surface area contributed by atoms with Gasteiger partial charge in [0.25, 0.3) is 0 Å². The van der Waals surface area contributed by atoms with Crippen molar-refractivity contribution >= 4 is 5.97 Å². The van der Waals surface area contributed by atoms with Gasteiger partial charge in [-0.3, -0.25) is 4.79 Å². The van der Waals surface area contributed by atoms with Gasteiger partial charge in [0.05, 0.1) is 12.5 Å². The van der Waals surface area contributed by atoms with Crippen LogP contribution in [0.5, 0.6) is 0 Å². The molecular weight excluding hydrogens is 176 g/mol. The Morgan fingerprint density at radius 1 is 1.50 bits per heavy atom. The number of rotatable bonds is 5. The van der Waals surface area contributed by atoms with E-state index in [0.29, 0.717) is 19.4 Å². The maximum absolute atomic E-state index is 11.4. The van der Waals surface area contributed by atoms with Crippen molar-refractivity contribution in [1.82, 2.24) is 0 Å². The molecule has 0 aromatic carbocycles. The SMILES string of the molecule is C=CCC(CC#CCC)C(=O)OCC. The van der Waals surface area contributed by atoms with Crippen LogP contribution in [0.25, 0.3) is 0 Å². The predicted molar refractivity (Wildman–Crippen MR) is 57.6 cm³/mol. The molecule has 0 aliphatic rings. The van der Waals surface area contributed by atoms with Crippen LogP contribution >= 0.6 is 0 Å². The molecule has 2 nitrogen and oxygen atoms in total. The Labute approximate surface area is 86.3 Å². The van der Waals surface area contributed by atoms with E-state index in [1.165, 1.54) is 0 Å². The molecule has 0 saturated carbocycles. The molecule has 2 heteroatoms. The van der Waals surface area contributed by atoms with Crippen molar-refractivity contribution in [2.75, 3.05) is 6.61 Å². The van der Waals surface area contributed by atoms with Gasteiger partial charge in [-0.2, -0.15) is 0 Å². The summed E-state index contributed by atoms with van der Waals surface area (Å²) < 4.78 is 4.93. The van der Waals surface area contributed by atoms with Gasteiger partial charge < -0.3 is 4.74 Å². The molecule has 0 heterocycles.